The Morgan fingerprint density at radius 2 is 1.93 bits per heavy atom. The summed E-state index contributed by atoms with van der Waals surface area (Å²) >= 11 is 0. The van der Waals surface area contributed by atoms with Gasteiger partial charge in [0.1, 0.15) is 0 Å². The lowest BCUT2D eigenvalue weighted by atomic mass is 9.73. The van der Waals surface area contributed by atoms with E-state index in [0.29, 0.717) is 11.8 Å². The summed E-state index contributed by atoms with van der Waals surface area (Å²) in [5.41, 5.74) is 8.92. The van der Waals surface area contributed by atoms with Crippen LogP contribution in [0.15, 0.2) is 60.7 Å². The number of rotatable bonds is 8. The Morgan fingerprint density at radius 3 is 2.57 bits per heavy atom. The summed E-state index contributed by atoms with van der Waals surface area (Å²) in [6.07, 6.45) is 5.85. The molecule has 0 aromatic heterocycles. The van der Waals surface area contributed by atoms with Crippen molar-refractivity contribution in [3.05, 3.63) is 77.4 Å². The summed E-state index contributed by atoms with van der Waals surface area (Å²) in [5, 5.41) is 0. The maximum absolute atomic E-state index is 4.54. The second-order valence-electron chi connectivity index (χ2n) is 9.95. The van der Waals surface area contributed by atoms with Crippen LogP contribution in [-0.4, -0.2) is 24.5 Å². The lowest BCUT2D eigenvalue weighted by Crippen LogP contribution is -2.49. The Labute approximate surface area is 185 Å². The average Bonchev–Trinajstić information content (AvgIpc) is 2.67. The molecule has 1 heterocycles. The molecule has 3 rings (SSSR count). The van der Waals surface area contributed by atoms with Crippen molar-refractivity contribution in [2.24, 2.45) is 23.7 Å². The van der Waals surface area contributed by atoms with Crippen LogP contribution in [0.3, 0.4) is 0 Å². The Balaban J connectivity index is 1.70. The van der Waals surface area contributed by atoms with Gasteiger partial charge in [0, 0.05) is 19.0 Å². The van der Waals surface area contributed by atoms with E-state index in [0.717, 1.165) is 30.3 Å². The predicted octanol–water partition coefficient (Wildman–Crippen LogP) is 7.24. The Morgan fingerprint density at radius 1 is 1.23 bits per heavy atom. The number of benzene rings is 1. The molecule has 1 unspecified atom stereocenters. The van der Waals surface area contributed by atoms with E-state index in [2.05, 4.69) is 83.5 Å². The van der Waals surface area contributed by atoms with Gasteiger partial charge in [0.15, 0.2) is 0 Å². The molecule has 1 aliphatic heterocycles. The summed E-state index contributed by atoms with van der Waals surface area (Å²) in [7, 11) is 0. The van der Waals surface area contributed by atoms with Crippen molar-refractivity contribution in [1.29, 1.82) is 0 Å². The molecule has 3 atom stereocenters. The Kier molecular flexibility index (Phi) is 7.24. The molecule has 1 saturated heterocycles. The summed E-state index contributed by atoms with van der Waals surface area (Å²) in [5.74, 6) is 2.50. The predicted molar refractivity (Wildman–Crippen MR) is 133 cm³/mol. The summed E-state index contributed by atoms with van der Waals surface area (Å²) in [6.45, 7) is 28.2. The van der Waals surface area contributed by atoms with Gasteiger partial charge in [-0.05, 0) is 90.8 Å². The largest absolute Gasteiger partial charge is 0.303 e. The highest BCUT2D eigenvalue weighted by atomic mass is 15.2. The van der Waals surface area contributed by atoms with Gasteiger partial charge in [-0.15, -0.1) is 0 Å². The first-order chi connectivity index (χ1) is 14.2. The van der Waals surface area contributed by atoms with Crippen LogP contribution < -0.4 is 0 Å². The number of hydrogen-bond donors (Lipinski definition) is 0. The second kappa shape index (κ2) is 9.52. The SMILES string of the molecule is C=C(C)C1=CC(C)C[C@@H](C(=C)c2ccc(C)c(CC[C@H](C)C3CN(CC)C3)c2)C1=C. The van der Waals surface area contributed by atoms with Crippen LogP contribution in [0.2, 0.25) is 0 Å². The first kappa shape index (κ1) is 22.8. The van der Waals surface area contributed by atoms with E-state index in [1.165, 1.54) is 59.5 Å². The minimum Gasteiger partial charge on any atom is -0.303 e. The zero-order valence-corrected chi connectivity index (χ0v) is 19.9. The van der Waals surface area contributed by atoms with Gasteiger partial charge in [0.05, 0.1) is 0 Å². The molecule has 1 aromatic rings. The quantitative estimate of drug-likeness (QED) is 0.442. The lowest BCUT2D eigenvalue weighted by molar-refractivity contribution is 0.0656. The third-order valence-corrected chi connectivity index (χ3v) is 7.53. The van der Waals surface area contributed by atoms with Crippen molar-refractivity contribution in [1.82, 2.24) is 4.90 Å². The average molecular weight is 404 g/mol. The van der Waals surface area contributed by atoms with Crippen LogP contribution in [0.1, 0.15) is 57.2 Å². The fourth-order valence-electron chi connectivity index (χ4n) is 5.12. The molecule has 0 amide bonds. The molecule has 0 N–H and O–H groups in total. The molecule has 162 valence electrons. The number of allylic oxidation sites excluding steroid dienone is 5. The van der Waals surface area contributed by atoms with E-state index >= 15 is 0 Å². The van der Waals surface area contributed by atoms with Gasteiger partial charge in [0.2, 0.25) is 0 Å². The number of aryl methyl sites for hydroxylation is 2. The molecule has 1 heteroatoms. The molecule has 1 fully saturated rings. The normalized spacial score (nSPS) is 23.6. The van der Waals surface area contributed by atoms with E-state index in [1.807, 2.05) is 0 Å². The maximum Gasteiger partial charge on any atom is 0.00949 e. The second-order valence-corrected chi connectivity index (χ2v) is 9.95. The first-order valence-electron chi connectivity index (χ1n) is 11.8. The number of nitrogens with zero attached hydrogens (tertiary/aromatic N) is 1. The van der Waals surface area contributed by atoms with Crippen LogP contribution in [0.25, 0.3) is 5.57 Å². The standard InChI is InChI=1S/C29H41N/c1-9-30-17-27(18-30)22(6)10-12-25-16-26(13-11-21(25)5)23(7)29-15-20(4)14-28(19(2)3)24(29)8/h11,13-14,16,20,22,27,29H,2,7-10,12,15,17-18H2,1,3-6H3/t20?,22-,29-/m0/s1. The topological polar surface area (TPSA) is 3.24 Å². The lowest BCUT2D eigenvalue weighted by Gasteiger charge is -2.42. The van der Waals surface area contributed by atoms with Crippen molar-refractivity contribution in [3.63, 3.8) is 0 Å². The molecular weight excluding hydrogens is 362 g/mol. The molecule has 30 heavy (non-hydrogen) atoms. The Bertz CT molecular complexity index is 849. The van der Waals surface area contributed by atoms with Crippen molar-refractivity contribution >= 4 is 5.57 Å². The van der Waals surface area contributed by atoms with Crippen LogP contribution in [-0.2, 0) is 6.42 Å². The summed E-state index contributed by atoms with van der Waals surface area (Å²) in [6, 6.07) is 6.94. The van der Waals surface area contributed by atoms with Gasteiger partial charge in [-0.1, -0.05) is 70.4 Å². The van der Waals surface area contributed by atoms with Crippen LogP contribution >= 0.6 is 0 Å². The molecular formula is C29H41N. The van der Waals surface area contributed by atoms with Crippen molar-refractivity contribution in [2.75, 3.05) is 19.6 Å². The van der Waals surface area contributed by atoms with Crippen molar-refractivity contribution in [2.45, 2.75) is 53.9 Å². The minimum atomic E-state index is 0.307. The van der Waals surface area contributed by atoms with Crippen molar-refractivity contribution in [3.8, 4) is 0 Å². The van der Waals surface area contributed by atoms with Gasteiger partial charge >= 0.3 is 0 Å². The van der Waals surface area contributed by atoms with Crippen LogP contribution in [0, 0.1) is 30.6 Å². The zero-order valence-electron chi connectivity index (χ0n) is 19.9. The fourth-order valence-corrected chi connectivity index (χ4v) is 5.12. The molecule has 1 nitrogen and oxygen atoms in total. The number of likely N-dealkylation sites (tertiary alicyclic amines) is 1. The molecule has 0 spiro atoms. The monoisotopic (exact) mass is 403 g/mol. The molecule has 0 radical (unpaired) electrons. The van der Waals surface area contributed by atoms with Gasteiger partial charge in [-0.3, -0.25) is 0 Å². The van der Waals surface area contributed by atoms with E-state index in [1.54, 1.807) is 0 Å². The van der Waals surface area contributed by atoms with Crippen LogP contribution in [0.4, 0.5) is 0 Å². The Hall–Kier alpha value is -1.86. The van der Waals surface area contributed by atoms with Gasteiger partial charge < -0.3 is 4.90 Å². The highest BCUT2D eigenvalue weighted by Crippen LogP contribution is 2.42. The third-order valence-electron chi connectivity index (χ3n) is 7.53. The van der Waals surface area contributed by atoms with Crippen LogP contribution in [0.5, 0.6) is 0 Å². The van der Waals surface area contributed by atoms with Gasteiger partial charge in [-0.2, -0.15) is 0 Å². The minimum absolute atomic E-state index is 0.307. The fraction of sp³-hybridized carbons (Fsp3) is 0.517. The zero-order chi connectivity index (χ0) is 22.0. The van der Waals surface area contributed by atoms with Gasteiger partial charge in [-0.25, -0.2) is 0 Å². The summed E-state index contributed by atoms with van der Waals surface area (Å²) in [4.78, 5) is 2.54. The smallest absolute Gasteiger partial charge is 0.00949 e. The molecule has 1 aliphatic carbocycles. The first-order valence-corrected chi connectivity index (χ1v) is 11.8. The summed E-state index contributed by atoms with van der Waals surface area (Å²) < 4.78 is 0. The molecule has 0 bridgehead atoms. The molecule has 1 aromatic carbocycles. The van der Waals surface area contributed by atoms with Crippen molar-refractivity contribution < 1.29 is 0 Å². The number of hydrogen-bond acceptors (Lipinski definition) is 1. The van der Waals surface area contributed by atoms with E-state index in [9.17, 15) is 0 Å². The highest BCUT2D eigenvalue weighted by Gasteiger charge is 2.30. The molecule has 2 aliphatic rings. The highest BCUT2D eigenvalue weighted by molar-refractivity contribution is 5.71. The third kappa shape index (κ3) is 4.89. The van der Waals surface area contributed by atoms with E-state index < -0.39 is 0 Å². The van der Waals surface area contributed by atoms with Gasteiger partial charge in [0.25, 0.3) is 0 Å². The maximum atomic E-state index is 4.54. The molecule has 0 saturated carbocycles. The van der Waals surface area contributed by atoms with E-state index in [4.69, 9.17) is 0 Å². The van der Waals surface area contributed by atoms with E-state index in [-0.39, 0.29) is 0 Å².